The van der Waals surface area contributed by atoms with Crippen LogP contribution in [-0.2, 0) is 0 Å². The number of pyridine rings is 1. The second-order valence-corrected chi connectivity index (χ2v) is 6.93. The SMILES string of the molecule is O=C(Nc1ccc(Br)cn1)c1sc2cccc(Cl)c2c1Cl. The molecule has 0 spiro atoms. The van der Waals surface area contributed by atoms with Crippen LogP contribution in [0.4, 0.5) is 5.82 Å². The van der Waals surface area contributed by atoms with Gasteiger partial charge in [-0.3, -0.25) is 4.79 Å². The number of anilines is 1. The second kappa shape index (κ2) is 5.93. The number of rotatable bonds is 2. The molecule has 2 aromatic heterocycles. The van der Waals surface area contributed by atoms with Crippen molar-refractivity contribution in [3.63, 3.8) is 0 Å². The maximum atomic E-state index is 12.3. The van der Waals surface area contributed by atoms with Gasteiger partial charge in [0.1, 0.15) is 10.7 Å². The van der Waals surface area contributed by atoms with Gasteiger partial charge in [0.25, 0.3) is 5.91 Å². The Balaban J connectivity index is 1.96. The number of thiophene rings is 1. The van der Waals surface area contributed by atoms with E-state index < -0.39 is 0 Å². The average Bonchev–Trinajstić information content (AvgIpc) is 2.80. The monoisotopic (exact) mass is 400 g/mol. The summed E-state index contributed by atoms with van der Waals surface area (Å²) in [6.45, 7) is 0. The lowest BCUT2D eigenvalue weighted by Gasteiger charge is -2.02. The van der Waals surface area contributed by atoms with Crippen LogP contribution >= 0.6 is 50.5 Å². The summed E-state index contributed by atoms with van der Waals surface area (Å²) in [7, 11) is 0. The minimum absolute atomic E-state index is 0.299. The van der Waals surface area contributed by atoms with Crippen LogP contribution in [0.15, 0.2) is 41.0 Å². The van der Waals surface area contributed by atoms with Gasteiger partial charge < -0.3 is 5.32 Å². The number of nitrogens with one attached hydrogen (secondary N) is 1. The van der Waals surface area contributed by atoms with Gasteiger partial charge in [0, 0.05) is 20.8 Å². The predicted molar refractivity (Wildman–Crippen MR) is 91.7 cm³/mol. The number of benzene rings is 1. The summed E-state index contributed by atoms with van der Waals surface area (Å²) in [5.41, 5.74) is 0. The zero-order valence-corrected chi connectivity index (χ0v) is 14.3. The van der Waals surface area contributed by atoms with Gasteiger partial charge in [-0.2, -0.15) is 0 Å². The number of fused-ring (bicyclic) bond motifs is 1. The van der Waals surface area contributed by atoms with Crippen molar-refractivity contribution in [2.24, 2.45) is 0 Å². The van der Waals surface area contributed by atoms with Gasteiger partial charge >= 0.3 is 0 Å². The first-order chi connectivity index (χ1) is 10.1. The van der Waals surface area contributed by atoms with Crippen LogP contribution < -0.4 is 5.32 Å². The van der Waals surface area contributed by atoms with Crippen LogP contribution in [-0.4, -0.2) is 10.9 Å². The Morgan fingerprint density at radius 3 is 2.71 bits per heavy atom. The molecule has 1 N–H and O–H groups in total. The Kier molecular flexibility index (Phi) is 4.17. The molecule has 1 amide bonds. The number of carbonyl (C=O) groups excluding carboxylic acids is 1. The zero-order valence-electron chi connectivity index (χ0n) is 10.4. The molecule has 3 aromatic rings. The van der Waals surface area contributed by atoms with Crippen LogP contribution in [0, 0.1) is 0 Å². The Morgan fingerprint density at radius 1 is 1.24 bits per heavy atom. The fourth-order valence-electron chi connectivity index (χ4n) is 1.84. The number of aromatic nitrogens is 1. The van der Waals surface area contributed by atoms with Crippen LogP contribution in [0.1, 0.15) is 9.67 Å². The summed E-state index contributed by atoms with van der Waals surface area (Å²) < 4.78 is 1.72. The maximum absolute atomic E-state index is 12.3. The van der Waals surface area contributed by atoms with Gasteiger partial charge in [-0.25, -0.2) is 4.98 Å². The molecular weight excluding hydrogens is 395 g/mol. The molecule has 0 aliphatic rings. The molecule has 0 fully saturated rings. The van der Waals surface area contributed by atoms with E-state index in [1.165, 1.54) is 11.3 Å². The highest BCUT2D eigenvalue weighted by atomic mass is 79.9. The molecule has 0 unspecified atom stereocenters. The summed E-state index contributed by atoms with van der Waals surface area (Å²) in [6.07, 6.45) is 1.61. The molecule has 0 saturated heterocycles. The topological polar surface area (TPSA) is 42.0 Å². The van der Waals surface area contributed by atoms with Gasteiger partial charge in [0.15, 0.2) is 0 Å². The van der Waals surface area contributed by atoms with E-state index in [1.807, 2.05) is 12.1 Å². The van der Waals surface area contributed by atoms with E-state index in [4.69, 9.17) is 23.2 Å². The molecule has 21 heavy (non-hydrogen) atoms. The third-order valence-corrected chi connectivity index (χ3v) is 5.21. The van der Waals surface area contributed by atoms with Crippen LogP contribution in [0.25, 0.3) is 10.1 Å². The first kappa shape index (κ1) is 14.8. The van der Waals surface area contributed by atoms with Crippen molar-refractivity contribution < 1.29 is 4.79 Å². The van der Waals surface area contributed by atoms with Crippen LogP contribution in [0.5, 0.6) is 0 Å². The zero-order chi connectivity index (χ0) is 15.0. The van der Waals surface area contributed by atoms with E-state index in [1.54, 1.807) is 24.4 Å². The summed E-state index contributed by atoms with van der Waals surface area (Å²) in [5.74, 6) is 0.162. The second-order valence-electron chi connectivity index (χ2n) is 4.17. The summed E-state index contributed by atoms with van der Waals surface area (Å²) in [6, 6.07) is 8.96. The highest BCUT2D eigenvalue weighted by molar-refractivity contribution is 9.10. The lowest BCUT2D eigenvalue weighted by Crippen LogP contribution is -2.11. The molecule has 1 aromatic carbocycles. The first-order valence-electron chi connectivity index (χ1n) is 5.85. The molecule has 0 aliphatic carbocycles. The molecule has 7 heteroatoms. The van der Waals surface area contributed by atoms with Crippen molar-refractivity contribution in [2.75, 3.05) is 5.32 Å². The van der Waals surface area contributed by atoms with Crippen molar-refractivity contribution in [3.05, 3.63) is 55.9 Å². The maximum Gasteiger partial charge on any atom is 0.268 e. The highest BCUT2D eigenvalue weighted by Crippen LogP contribution is 2.39. The number of halogens is 3. The minimum Gasteiger partial charge on any atom is -0.306 e. The third kappa shape index (κ3) is 2.92. The standard InChI is InChI=1S/C14H7BrCl2N2OS/c15-7-4-5-10(18-6-7)19-14(20)13-12(17)11-8(16)2-1-3-9(11)21-13/h1-6H,(H,18,19,20). The van der Waals surface area contributed by atoms with Crippen molar-refractivity contribution in [2.45, 2.75) is 0 Å². The fourth-order valence-corrected chi connectivity index (χ4v) is 3.92. The average molecular weight is 402 g/mol. The summed E-state index contributed by atoms with van der Waals surface area (Å²) in [5, 5.41) is 4.33. The first-order valence-corrected chi connectivity index (χ1v) is 8.22. The third-order valence-electron chi connectivity index (χ3n) is 2.78. The molecule has 0 saturated carbocycles. The van der Waals surface area contributed by atoms with E-state index >= 15 is 0 Å². The summed E-state index contributed by atoms with van der Waals surface area (Å²) >= 11 is 17.0. The van der Waals surface area contributed by atoms with E-state index in [0.29, 0.717) is 26.1 Å². The number of carbonyl (C=O) groups is 1. The Morgan fingerprint density at radius 2 is 2.05 bits per heavy atom. The normalized spacial score (nSPS) is 10.8. The van der Waals surface area contributed by atoms with E-state index in [9.17, 15) is 4.79 Å². The molecule has 3 rings (SSSR count). The van der Waals surface area contributed by atoms with Gasteiger partial charge in [-0.15, -0.1) is 11.3 Å². The molecule has 0 bridgehead atoms. The largest absolute Gasteiger partial charge is 0.306 e. The van der Waals surface area contributed by atoms with Gasteiger partial charge in [0.05, 0.1) is 10.0 Å². The van der Waals surface area contributed by atoms with E-state index in [2.05, 4.69) is 26.2 Å². The number of hydrogen-bond acceptors (Lipinski definition) is 3. The summed E-state index contributed by atoms with van der Waals surface area (Å²) in [4.78, 5) is 16.8. The van der Waals surface area contributed by atoms with Crippen molar-refractivity contribution in [1.82, 2.24) is 4.98 Å². The van der Waals surface area contributed by atoms with Gasteiger partial charge in [0.2, 0.25) is 0 Å². The smallest absolute Gasteiger partial charge is 0.268 e. The van der Waals surface area contributed by atoms with E-state index in [0.717, 1.165) is 9.17 Å². The van der Waals surface area contributed by atoms with Crippen LogP contribution in [0.2, 0.25) is 10.0 Å². The molecule has 0 aliphatic heterocycles. The van der Waals surface area contributed by atoms with Gasteiger partial charge in [-0.1, -0.05) is 29.3 Å². The minimum atomic E-state index is -0.299. The fraction of sp³-hybridized carbons (Fsp3) is 0. The quantitative estimate of drug-likeness (QED) is 0.605. The molecule has 2 heterocycles. The molecule has 106 valence electrons. The Bertz CT molecular complexity index is 833. The lowest BCUT2D eigenvalue weighted by atomic mass is 10.2. The molecule has 0 radical (unpaired) electrons. The number of nitrogens with zero attached hydrogens (tertiary/aromatic N) is 1. The van der Waals surface area contributed by atoms with Crippen molar-refractivity contribution in [3.8, 4) is 0 Å². The number of hydrogen-bond donors (Lipinski definition) is 1. The van der Waals surface area contributed by atoms with Gasteiger partial charge in [-0.05, 0) is 40.2 Å². The molecule has 3 nitrogen and oxygen atoms in total. The Labute approximate surface area is 143 Å². The number of amides is 1. The van der Waals surface area contributed by atoms with Crippen molar-refractivity contribution >= 4 is 72.3 Å². The molecule has 0 atom stereocenters. The predicted octanol–water partition coefficient (Wildman–Crippen LogP) is 5.62. The highest BCUT2D eigenvalue weighted by Gasteiger charge is 2.19. The molecular formula is C14H7BrCl2N2OS. The van der Waals surface area contributed by atoms with Crippen LogP contribution in [0.3, 0.4) is 0 Å². The lowest BCUT2D eigenvalue weighted by molar-refractivity contribution is 0.103. The van der Waals surface area contributed by atoms with E-state index in [-0.39, 0.29) is 5.91 Å². The Hall–Kier alpha value is -1.14. The van der Waals surface area contributed by atoms with Crippen molar-refractivity contribution in [1.29, 1.82) is 0 Å².